The second-order valence-corrected chi connectivity index (χ2v) is 5.88. The third kappa shape index (κ3) is 7.22. The van der Waals surface area contributed by atoms with E-state index >= 15 is 0 Å². The number of carbonyl (C=O) groups is 1. The number of benzene rings is 1. The number of hydrogen-bond acceptors (Lipinski definition) is 5. The summed E-state index contributed by atoms with van der Waals surface area (Å²) >= 11 is 0. The van der Waals surface area contributed by atoms with Gasteiger partial charge in [0.1, 0.15) is 0 Å². The molecule has 112 valence electrons. The van der Waals surface area contributed by atoms with Crippen LogP contribution in [0.2, 0.25) is 0 Å². The zero-order valence-electron chi connectivity index (χ0n) is 11.4. The monoisotopic (exact) mass is 301 g/mol. The van der Waals surface area contributed by atoms with Crippen molar-refractivity contribution in [2.45, 2.75) is 19.8 Å². The summed E-state index contributed by atoms with van der Waals surface area (Å²) in [5.74, 6) is -0.878. The second kappa shape index (κ2) is 8.68. The van der Waals surface area contributed by atoms with E-state index in [1.165, 1.54) is 0 Å². The Morgan fingerprint density at radius 3 is 2.55 bits per heavy atom. The number of ether oxygens (including phenoxy) is 1. The summed E-state index contributed by atoms with van der Waals surface area (Å²) in [5, 5.41) is 0. The highest BCUT2D eigenvalue weighted by Gasteiger charge is 2.12. The Labute approximate surface area is 119 Å². The highest BCUT2D eigenvalue weighted by atomic mass is 32.2. The molecule has 7 heteroatoms. The molecule has 0 aromatic heterocycles. The van der Waals surface area contributed by atoms with Crippen molar-refractivity contribution in [1.82, 2.24) is 4.89 Å². The molecule has 0 radical (unpaired) electrons. The third-order valence-electron chi connectivity index (χ3n) is 2.45. The molecule has 0 saturated heterocycles. The Morgan fingerprint density at radius 2 is 1.90 bits per heavy atom. The minimum Gasteiger partial charge on any atom is -0.380 e. The zero-order chi connectivity index (χ0) is 14.8. The van der Waals surface area contributed by atoms with Crippen molar-refractivity contribution >= 4 is 16.0 Å². The molecule has 20 heavy (non-hydrogen) atoms. The van der Waals surface area contributed by atoms with E-state index in [1.807, 2.05) is 30.3 Å². The van der Waals surface area contributed by atoms with E-state index in [4.69, 9.17) is 4.74 Å². The first-order valence-electron chi connectivity index (χ1n) is 6.34. The second-order valence-electron chi connectivity index (χ2n) is 4.08. The first kappa shape index (κ1) is 16.6. The summed E-state index contributed by atoms with van der Waals surface area (Å²) in [6.07, 6.45) is 0.829. The molecule has 1 aromatic carbocycles. The molecule has 0 unspecified atom stereocenters. The average molecular weight is 301 g/mol. The highest BCUT2D eigenvalue weighted by molar-refractivity contribution is 7.89. The van der Waals surface area contributed by atoms with Gasteiger partial charge < -0.3 is 9.57 Å². The predicted octanol–water partition coefficient (Wildman–Crippen LogP) is 1.03. The predicted molar refractivity (Wildman–Crippen MR) is 74.3 cm³/mol. The van der Waals surface area contributed by atoms with Crippen LogP contribution in [-0.2, 0) is 30.8 Å². The van der Waals surface area contributed by atoms with Crippen molar-refractivity contribution in [2.24, 2.45) is 0 Å². The standard InChI is InChI=1S/C13H19NO5S/c1-2-13(15)19-14-20(16,17)11-10-18-9-8-12-6-4-3-5-7-12/h3-7,14H,2,8-11H2,1H3. The lowest BCUT2D eigenvalue weighted by Crippen LogP contribution is -2.30. The van der Waals surface area contributed by atoms with Gasteiger partial charge in [0.25, 0.3) is 0 Å². The molecule has 1 aromatic rings. The van der Waals surface area contributed by atoms with Crippen LogP contribution < -0.4 is 4.89 Å². The molecule has 0 aliphatic carbocycles. The normalized spacial score (nSPS) is 11.2. The van der Waals surface area contributed by atoms with Gasteiger partial charge in [0.15, 0.2) is 0 Å². The number of hydrogen-bond donors (Lipinski definition) is 1. The Kier molecular flexibility index (Phi) is 7.21. The van der Waals surface area contributed by atoms with Crippen LogP contribution in [0, 0.1) is 0 Å². The van der Waals surface area contributed by atoms with Gasteiger partial charge in [-0.1, -0.05) is 37.3 Å². The summed E-state index contributed by atoms with van der Waals surface area (Å²) in [7, 11) is -3.65. The van der Waals surface area contributed by atoms with Crippen molar-refractivity contribution in [1.29, 1.82) is 0 Å². The molecule has 6 nitrogen and oxygen atoms in total. The van der Waals surface area contributed by atoms with E-state index in [2.05, 4.69) is 4.84 Å². The lowest BCUT2D eigenvalue weighted by molar-refractivity contribution is -0.146. The molecule has 1 N–H and O–H groups in total. The average Bonchev–Trinajstić information content (AvgIpc) is 2.45. The molecule has 0 fully saturated rings. The smallest absolute Gasteiger partial charge is 0.325 e. The Balaban J connectivity index is 2.15. The minimum atomic E-state index is -3.65. The van der Waals surface area contributed by atoms with Crippen molar-refractivity contribution in [3.63, 3.8) is 0 Å². The van der Waals surface area contributed by atoms with Gasteiger partial charge in [0.05, 0.1) is 19.0 Å². The maximum absolute atomic E-state index is 11.4. The van der Waals surface area contributed by atoms with Gasteiger partial charge in [-0.2, -0.15) is 0 Å². The molecule has 0 amide bonds. The lowest BCUT2D eigenvalue weighted by Gasteiger charge is -2.07. The fourth-order valence-corrected chi connectivity index (χ4v) is 1.97. The Morgan fingerprint density at radius 1 is 1.20 bits per heavy atom. The fourth-order valence-electron chi connectivity index (χ4n) is 1.33. The molecule has 1 rings (SSSR count). The topological polar surface area (TPSA) is 81.7 Å². The molecule has 0 aliphatic rings. The molecule has 0 heterocycles. The molecule has 0 bridgehead atoms. The van der Waals surface area contributed by atoms with Crippen LogP contribution in [0.15, 0.2) is 30.3 Å². The maximum atomic E-state index is 11.4. The molecule has 0 spiro atoms. The summed E-state index contributed by atoms with van der Waals surface area (Å²) in [6.45, 7) is 2.06. The lowest BCUT2D eigenvalue weighted by atomic mass is 10.2. The Bertz CT molecular complexity index is 501. The molecular weight excluding hydrogens is 282 g/mol. The number of nitrogens with one attached hydrogen (secondary N) is 1. The molecule has 0 saturated carbocycles. The first-order chi connectivity index (χ1) is 9.53. The number of carbonyl (C=O) groups excluding carboxylic acids is 1. The van der Waals surface area contributed by atoms with Crippen LogP contribution in [0.1, 0.15) is 18.9 Å². The van der Waals surface area contributed by atoms with Crippen molar-refractivity contribution < 1.29 is 22.8 Å². The van der Waals surface area contributed by atoms with Crippen LogP contribution in [0.25, 0.3) is 0 Å². The van der Waals surface area contributed by atoms with Crippen molar-refractivity contribution in [2.75, 3.05) is 19.0 Å². The molecular formula is C13H19NO5S. The first-order valence-corrected chi connectivity index (χ1v) is 7.99. The van der Waals surface area contributed by atoms with Gasteiger partial charge in [0, 0.05) is 6.42 Å². The van der Waals surface area contributed by atoms with Gasteiger partial charge >= 0.3 is 5.97 Å². The minimum absolute atomic E-state index is 0.0475. The van der Waals surface area contributed by atoms with Gasteiger partial charge in [-0.25, -0.2) is 8.42 Å². The van der Waals surface area contributed by atoms with Crippen LogP contribution in [0.3, 0.4) is 0 Å². The third-order valence-corrected chi connectivity index (χ3v) is 3.49. The van der Waals surface area contributed by atoms with E-state index in [0.717, 1.165) is 12.0 Å². The molecule has 0 aliphatic heterocycles. The largest absolute Gasteiger partial charge is 0.380 e. The van der Waals surface area contributed by atoms with Crippen molar-refractivity contribution in [3.05, 3.63) is 35.9 Å². The van der Waals surface area contributed by atoms with Crippen LogP contribution >= 0.6 is 0 Å². The fraction of sp³-hybridized carbons (Fsp3) is 0.462. The van der Waals surface area contributed by atoms with Gasteiger partial charge in [-0.15, -0.1) is 0 Å². The van der Waals surface area contributed by atoms with Crippen LogP contribution in [0.4, 0.5) is 0 Å². The van der Waals surface area contributed by atoms with Crippen LogP contribution in [-0.4, -0.2) is 33.4 Å². The van der Waals surface area contributed by atoms with E-state index < -0.39 is 16.0 Å². The summed E-state index contributed by atoms with van der Waals surface area (Å²) in [4.78, 5) is 16.9. The van der Waals surface area contributed by atoms with Crippen LogP contribution in [0.5, 0.6) is 0 Å². The van der Waals surface area contributed by atoms with E-state index in [-0.39, 0.29) is 18.8 Å². The van der Waals surface area contributed by atoms with Crippen molar-refractivity contribution in [3.8, 4) is 0 Å². The summed E-state index contributed by atoms with van der Waals surface area (Å²) in [5.41, 5.74) is 1.13. The van der Waals surface area contributed by atoms with Gasteiger partial charge in [-0.3, -0.25) is 4.79 Å². The Hall–Kier alpha value is -1.44. The quantitative estimate of drug-likeness (QED) is 0.544. The van der Waals surface area contributed by atoms with E-state index in [1.54, 1.807) is 11.8 Å². The molecule has 0 atom stereocenters. The summed E-state index contributed by atoms with van der Waals surface area (Å²) < 4.78 is 28.1. The summed E-state index contributed by atoms with van der Waals surface area (Å²) in [6, 6.07) is 9.76. The van der Waals surface area contributed by atoms with E-state index in [0.29, 0.717) is 6.61 Å². The maximum Gasteiger partial charge on any atom is 0.325 e. The van der Waals surface area contributed by atoms with Gasteiger partial charge in [-0.05, 0) is 16.9 Å². The van der Waals surface area contributed by atoms with E-state index in [9.17, 15) is 13.2 Å². The number of sulfonamides is 1. The zero-order valence-corrected chi connectivity index (χ0v) is 12.2. The number of rotatable bonds is 9. The van der Waals surface area contributed by atoms with Gasteiger partial charge in [0.2, 0.25) is 10.0 Å². The SMILES string of the molecule is CCC(=O)ONS(=O)(=O)CCOCCc1ccccc1. The highest BCUT2D eigenvalue weighted by Crippen LogP contribution is 1.99.